The number of pyridine rings is 1. The number of hydrogen-bond acceptors (Lipinski definition) is 5. The molecule has 158 valence electrons. The van der Waals surface area contributed by atoms with E-state index in [4.69, 9.17) is 19.2 Å². The summed E-state index contributed by atoms with van der Waals surface area (Å²) in [5, 5.41) is 1.17. The minimum Gasteiger partial charge on any atom is -0.493 e. The Morgan fingerprint density at radius 2 is 1.70 bits per heavy atom. The summed E-state index contributed by atoms with van der Waals surface area (Å²) in [4.78, 5) is 7.58. The minimum absolute atomic E-state index is 0.379. The maximum absolute atomic E-state index is 5.54. The number of nitrogens with zero attached hydrogens (tertiary/aromatic N) is 2. The van der Waals surface area contributed by atoms with Crippen LogP contribution in [0.3, 0.4) is 0 Å². The fraction of sp³-hybridized carbons (Fsp3) is 0.400. The summed E-state index contributed by atoms with van der Waals surface area (Å²) >= 11 is 0. The summed E-state index contributed by atoms with van der Waals surface area (Å²) in [5.74, 6) is 1.44. The van der Waals surface area contributed by atoms with Crippen molar-refractivity contribution in [2.24, 2.45) is 0 Å². The van der Waals surface area contributed by atoms with Crippen molar-refractivity contribution in [2.45, 2.75) is 32.4 Å². The van der Waals surface area contributed by atoms with Crippen molar-refractivity contribution < 1.29 is 14.2 Å². The second-order valence-electron chi connectivity index (χ2n) is 7.97. The molecule has 3 aromatic rings. The Bertz CT molecular complexity index is 1030. The molecule has 5 nitrogen and oxygen atoms in total. The smallest absolute Gasteiger partial charge is 0.161 e. The monoisotopic (exact) mass is 406 g/mol. The van der Waals surface area contributed by atoms with E-state index in [0.717, 1.165) is 55.0 Å². The highest BCUT2D eigenvalue weighted by Crippen LogP contribution is 2.34. The van der Waals surface area contributed by atoms with Gasteiger partial charge in [-0.2, -0.15) is 0 Å². The van der Waals surface area contributed by atoms with Crippen molar-refractivity contribution in [3.63, 3.8) is 0 Å². The molecule has 1 aromatic heterocycles. The molecule has 2 heterocycles. The average molecular weight is 407 g/mol. The third-order valence-electron chi connectivity index (χ3n) is 5.97. The number of ether oxygens (including phenoxy) is 3. The van der Waals surface area contributed by atoms with Gasteiger partial charge in [0.2, 0.25) is 0 Å². The van der Waals surface area contributed by atoms with E-state index < -0.39 is 0 Å². The van der Waals surface area contributed by atoms with E-state index in [1.54, 1.807) is 14.2 Å². The Hall–Kier alpha value is -2.63. The Labute approximate surface area is 178 Å². The quantitative estimate of drug-likeness (QED) is 0.586. The Kier molecular flexibility index (Phi) is 6.21. The summed E-state index contributed by atoms with van der Waals surface area (Å²) in [6, 6.07) is 14.8. The van der Waals surface area contributed by atoms with Crippen LogP contribution >= 0.6 is 0 Å². The summed E-state index contributed by atoms with van der Waals surface area (Å²) in [6.07, 6.45) is 2.52. The van der Waals surface area contributed by atoms with Crippen LogP contribution in [-0.4, -0.2) is 50.4 Å². The molecule has 0 amide bonds. The van der Waals surface area contributed by atoms with E-state index in [1.807, 2.05) is 19.2 Å². The average Bonchev–Trinajstić information content (AvgIpc) is 2.78. The molecule has 1 aliphatic rings. The SMILES string of the molecule is COc1ccc(-c2nc3cc(C)ccc3cc2CN2CCC(OC)CC2)cc1OC. The maximum atomic E-state index is 5.54. The molecule has 30 heavy (non-hydrogen) atoms. The van der Waals surface area contributed by atoms with Crippen LogP contribution in [0, 0.1) is 6.92 Å². The van der Waals surface area contributed by atoms with Gasteiger partial charge >= 0.3 is 0 Å². The Morgan fingerprint density at radius 3 is 2.40 bits per heavy atom. The summed E-state index contributed by atoms with van der Waals surface area (Å²) in [5.41, 5.74) is 5.50. The molecule has 0 bridgehead atoms. The zero-order chi connectivity index (χ0) is 21.1. The topological polar surface area (TPSA) is 43.8 Å². The van der Waals surface area contributed by atoms with Gasteiger partial charge in [0.1, 0.15) is 0 Å². The number of benzene rings is 2. The van der Waals surface area contributed by atoms with Crippen LogP contribution in [0.4, 0.5) is 0 Å². The third kappa shape index (κ3) is 4.27. The lowest BCUT2D eigenvalue weighted by atomic mass is 10.00. The van der Waals surface area contributed by atoms with Gasteiger partial charge in [-0.05, 0) is 61.2 Å². The first kappa shape index (κ1) is 20.6. The van der Waals surface area contributed by atoms with E-state index in [1.165, 1.54) is 16.5 Å². The van der Waals surface area contributed by atoms with E-state index in [2.05, 4.69) is 42.2 Å². The molecule has 1 fully saturated rings. The summed E-state index contributed by atoms with van der Waals surface area (Å²) < 4.78 is 16.5. The first-order valence-corrected chi connectivity index (χ1v) is 10.5. The third-order valence-corrected chi connectivity index (χ3v) is 5.97. The number of fused-ring (bicyclic) bond motifs is 1. The molecule has 2 aromatic carbocycles. The number of piperidine rings is 1. The van der Waals surface area contributed by atoms with Crippen molar-refractivity contribution in [3.8, 4) is 22.8 Å². The lowest BCUT2D eigenvalue weighted by molar-refractivity contribution is 0.0389. The Balaban J connectivity index is 1.75. The molecular formula is C25H30N2O3. The lowest BCUT2D eigenvalue weighted by Crippen LogP contribution is -2.36. The van der Waals surface area contributed by atoms with Gasteiger partial charge in [0.25, 0.3) is 0 Å². The van der Waals surface area contributed by atoms with Crippen LogP contribution in [0.25, 0.3) is 22.2 Å². The number of methoxy groups -OCH3 is 3. The van der Waals surface area contributed by atoms with Gasteiger partial charge < -0.3 is 14.2 Å². The maximum Gasteiger partial charge on any atom is 0.161 e. The molecule has 0 unspecified atom stereocenters. The first-order chi connectivity index (χ1) is 14.6. The van der Waals surface area contributed by atoms with Crippen molar-refractivity contribution in [2.75, 3.05) is 34.4 Å². The van der Waals surface area contributed by atoms with Crippen LogP contribution in [0.2, 0.25) is 0 Å². The van der Waals surface area contributed by atoms with E-state index in [9.17, 15) is 0 Å². The highest BCUT2D eigenvalue weighted by Gasteiger charge is 2.21. The fourth-order valence-corrected chi connectivity index (χ4v) is 4.22. The molecule has 1 aliphatic heterocycles. The summed E-state index contributed by atoms with van der Waals surface area (Å²) in [7, 11) is 5.13. The number of likely N-dealkylation sites (tertiary alicyclic amines) is 1. The zero-order valence-corrected chi connectivity index (χ0v) is 18.3. The van der Waals surface area contributed by atoms with Crippen LogP contribution in [-0.2, 0) is 11.3 Å². The highest BCUT2D eigenvalue weighted by molar-refractivity contribution is 5.84. The van der Waals surface area contributed by atoms with Crippen molar-refractivity contribution in [1.82, 2.24) is 9.88 Å². The number of rotatable bonds is 6. The van der Waals surface area contributed by atoms with Gasteiger partial charge in [-0.3, -0.25) is 4.90 Å². The van der Waals surface area contributed by atoms with Gasteiger partial charge in [0.05, 0.1) is 31.5 Å². The van der Waals surface area contributed by atoms with Crippen LogP contribution in [0.1, 0.15) is 24.0 Å². The fourth-order valence-electron chi connectivity index (χ4n) is 4.22. The second kappa shape index (κ2) is 9.02. The van der Waals surface area contributed by atoms with Gasteiger partial charge in [-0.25, -0.2) is 4.98 Å². The van der Waals surface area contributed by atoms with Crippen molar-refractivity contribution in [3.05, 3.63) is 53.6 Å². The van der Waals surface area contributed by atoms with E-state index in [0.29, 0.717) is 11.9 Å². The molecular weight excluding hydrogens is 376 g/mol. The molecule has 0 radical (unpaired) electrons. The molecule has 0 aliphatic carbocycles. The highest BCUT2D eigenvalue weighted by atomic mass is 16.5. The molecule has 4 rings (SSSR count). The molecule has 1 saturated heterocycles. The number of aromatic nitrogens is 1. The molecule has 0 N–H and O–H groups in total. The minimum atomic E-state index is 0.379. The van der Waals surface area contributed by atoms with Crippen LogP contribution < -0.4 is 9.47 Å². The van der Waals surface area contributed by atoms with Crippen molar-refractivity contribution in [1.29, 1.82) is 0 Å². The largest absolute Gasteiger partial charge is 0.493 e. The zero-order valence-electron chi connectivity index (χ0n) is 18.3. The number of aryl methyl sites for hydroxylation is 1. The molecule has 0 saturated carbocycles. The predicted octanol–water partition coefficient (Wildman–Crippen LogP) is 4.84. The van der Waals surface area contributed by atoms with Crippen LogP contribution in [0.15, 0.2) is 42.5 Å². The van der Waals surface area contributed by atoms with Gasteiger partial charge in [-0.1, -0.05) is 12.1 Å². The second-order valence-corrected chi connectivity index (χ2v) is 7.97. The lowest BCUT2D eigenvalue weighted by Gasteiger charge is -2.31. The van der Waals surface area contributed by atoms with Gasteiger partial charge in [0.15, 0.2) is 11.5 Å². The van der Waals surface area contributed by atoms with Gasteiger partial charge in [-0.15, -0.1) is 0 Å². The molecule has 0 spiro atoms. The first-order valence-electron chi connectivity index (χ1n) is 10.5. The van der Waals surface area contributed by atoms with E-state index in [-0.39, 0.29) is 0 Å². The van der Waals surface area contributed by atoms with Crippen LogP contribution in [0.5, 0.6) is 11.5 Å². The molecule has 0 atom stereocenters. The van der Waals surface area contributed by atoms with Gasteiger partial charge in [0, 0.05) is 37.7 Å². The van der Waals surface area contributed by atoms with Crippen molar-refractivity contribution >= 4 is 10.9 Å². The van der Waals surface area contributed by atoms with E-state index >= 15 is 0 Å². The predicted molar refractivity (Wildman–Crippen MR) is 120 cm³/mol. The normalized spacial score (nSPS) is 15.5. The standard InChI is InChI=1S/C25H30N2O3/c1-17-5-6-18-14-20(16-27-11-9-21(28-2)10-12-27)25(26-22(18)13-17)19-7-8-23(29-3)24(15-19)30-4/h5-8,13-15,21H,9-12,16H2,1-4H3. The molecule has 5 heteroatoms. The Morgan fingerprint density at radius 1 is 0.933 bits per heavy atom. The number of hydrogen-bond donors (Lipinski definition) is 0. The summed E-state index contributed by atoms with van der Waals surface area (Å²) in [6.45, 7) is 5.05.